The number of amides is 1. The van der Waals surface area contributed by atoms with Gasteiger partial charge in [-0.2, -0.15) is 0 Å². The van der Waals surface area contributed by atoms with Crippen molar-refractivity contribution < 1.29 is 9.53 Å². The van der Waals surface area contributed by atoms with Crippen LogP contribution in [0.15, 0.2) is 36.4 Å². The van der Waals surface area contributed by atoms with Crippen molar-refractivity contribution >= 4 is 28.6 Å². The van der Waals surface area contributed by atoms with Crippen LogP contribution in [0.5, 0.6) is 0 Å². The summed E-state index contributed by atoms with van der Waals surface area (Å²) in [5.74, 6) is 0.610. The number of carbonyl (C=O) groups excluding carboxylic acids is 1. The highest BCUT2D eigenvalue weighted by Crippen LogP contribution is 2.42. The third-order valence-corrected chi connectivity index (χ3v) is 6.07. The molecule has 5 heteroatoms. The first-order valence-electron chi connectivity index (χ1n) is 10.6. The van der Waals surface area contributed by atoms with E-state index in [2.05, 4.69) is 33.7 Å². The predicted octanol–water partition coefficient (Wildman–Crippen LogP) is 4.24. The minimum absolute atomic E-state index is 0.0859. The Bertz CT molecular complexity index is 990. The molecule has 150 valence electrons. The summed E-state index contributed by atoms with van der Waals surface area (Å²) in [6.45, 7) is 7.02. The Morgan fingerprint density at radius 2 is 1.93 bits per heavy atom. The lowest BCUT2D eigenvalue weighted by atomic mass is 9.99. The molecule has 29 heavy (non-hydrogen) atoms. The highest BCUT2D eigenvalue weighted by Gasteiger charge is 2.32. The van der Waals surface area contributed by atoms with E-state index < -0.39 is 0 Å². The maximum absolute atomic E-state index is 12.6. The van der Waals surface area contributed by atoms with Gasteiger partial charge in [0.25, 0.3) is 5.91 Å². The molecule has 3 heterocycles. The van der Waals surface area contributed by atoms with Crippen LogP contribution in [0.3, 0.4) is 0 Å². The SMILES string of the molecule is Cc1ccc2c(c1)/C(=C1\OCc3cc(NCCN4CCCCC4)ccc31)C(=O)N2. The van der Waals surface area contributed by atoms with Crippen molar-refractivity contribution in [3.05, 3.63) is 58.7 Å². The molecule has 0 bridgehead atoms. The maximum atomic E-state index is 12.6. The van der Waals surface area contributed by atoms with Gasteiger partial charge in [-0.3, -0.25) is 4.79 Å². The maximum Gasteiger partial charge on any atom is 0.260 e. The van der Waals surface area contributed by atoms with Gasteiger partial charge >= 0.3 is 0 Å². The summed E-state index contributed by atoms with van der Waals surface area (Å²) in [5, 5.41) is 6.50. The molecule has 2 aromatic carbocycles. The highest BCUT2D eigenvalue weighted by atomic mass is 16.5. The van der Waals surface area contributed by atoms with Crippen LogP contribution in [0, 0.1) is 6.92 Å². The topological polar surface area (TPSA) is 53.6 Å². The van der Waals surface area contributed by atoms with E-state index in [-0.39, 0.29) is 5.91 Å². The zero-order chi connectivity index (χ0) is 19.8. The van der Waals surface area contributed by atoms with Crippen molar-refractivity contribution in [1.82, 2.24) is 4.90 Å². The van der Waals surface area contributed by atoms with Gasteiger partial charge in [0.2, 0.25) is 0 Å². The number of nitrogens with one attached hydrogen (secondary N) is 2. The molecule has 0 aromatic heterocycles. The Hall–Kier alpha value is -2.79. The number of aryl methyl sites for hydroxylation is 1. The number of rotatable bonds is 4. The first-order chi connectivity index (χ1) is 14.2. The van der Waals surface area contributed by atoms with Crippen LogP contribution in [0.2, 0.25) is 0 Å². The van der Waals surface area contributed by atoms with E-state index in [1.165, 1.54) is 32.4 Å². The van der Waals surface area contributed by atoms with Crippen LogP contribution in [0.25, 0.3) is 11.3 Å². The molecule has 2 aromatic rings. The number of carbonyl (C=O) groups is 1. The molecule has 1 amide bonds. The third kappa shape index (κ3) is 3.51. The molecule has 0 radical (unpaired) electrons. The van der Waals surface area contributed by atoms with Crippen molar-refractivity contribution in [1.29, 1.82) is 0 Å². The molecule has 3 aliphatic heterocycles. The fourth-order valence-corrected chi connectivity index (χ4v) is 4.53. The van der Waals surface area contributed by atoms with E-state index in [1.807, 2.05) is 25.1 Å². The van der Waals surface area contributed by atoms with Crippen LogP contribution in [0.1, 0.15) is 41.5 Å². The second kappa shape index (κ2) is 7.56. The normalized spacial score (nSPS) is 20.8. The molecule has 5 nitrogen and oxygen atoms in total. The monoisotopic (exact) mass is 389 g/mol. The largest absolute Gasteiger partial charge is 0.487 e. The van der Waals surface area contributed by atoms with Gasteiger partial charge in [-0.25, -0.2) is 0 Å². The molecule has 1 fully saturated rings. The van der Waals surface area contributed by atoms with Gasteiger partial charge in [0, 0.05) is 41.2 Å². The predicted molar refractivity (Wildman–Crippen MR) is 117 cm³/mol. The summed E-state index contributed by atoms with van der Waals surface area (Å²) in [7, 11) is 0. The van der Waals surface area contributed by atoms with E-state index in [0.717, 1.165) is 46.7 Å². The number of hydrogen-bond acceptors (Lipinski definition) is 4. The summed E-state index contributed by atoms with van der Waals surface area (Å²) >= 11 is 0. The molecule has 0 atom stereocenters. The van der Waals surface area contributed by atoms with Gasteiger partial charge in [0.1, 0.15) is 12.4 Å². The fourth-order valence-electron chi connectivity index (χ4n) is 4.53. The Labute approximate surface area is 171 Å². The number of nitrogens with zero attached hydrogens (tertiary/aromatic N) is 1. The molecule has 3 aliphatic rings. The average molecular weight is 389 g/mol. The summed E-state index contributed by atoms with van der Waals surface area (Å²) in [6.07, 6.45) is 4.02. The number of piperidine rings is 1. The lowest BCUT2D eigenvalue weighted by Gasteiger charge is -2.26. The van der Waals surface area contributed by atoms with Gasteiger partial charge in [0.05, 0.1) is 5.57 Å². The van der Waals surface area contributed by atoms with E-state index in [0.29, 0.717) is 17.9 Å². The Balaban J connectivity index is 1.35. The van der Waals surface area contributed by atoms with Gasteiger partial charge in [-0.05, 0) is 63.2 Å². The number of hydrogen-bond donors (Lipinski definition) is 2. The molecule has 0 saturated carbocycles. The number of ether oxygens (including phenoxy) is 1. The highest BCUT2D eigenvalue weighted by molar-refractivity contribution is 6.36. The standard InChI is InChI=1S/C24H27N3O2/c1-16-5-8-21-20(13-16)22(24(28)26-21)23-19-7-6-18(14-17(19)15-29-23)25-9-12-27-10-3-2-4-11-27/h5-8,13-14,25H,2-4,9-12,15H2,1H3,(H,26,28)/b23-22+. The first-order valence-corrected chi connectivity index (χ1v) is 10.6. The number of benzene rings is 2. The van der Waals surface area contributed by atoms with Gasteiger partial charge in [0.15, 0.2) is 0 Å². The number of anilines is 2. The van der Waals surface area contributed by atoms with E-state index in [9.17, 15) is 4.79 Å². The molecule has 2 N–H and O–H groups in total. The van der Waals surface area contributed by atoms with Crippen molar-refractivity contribution in [3.63, 3.8) is 0 Å². The zero-order valence-electron chi connectivity index (χ0n) is 16.9. The number of fused-ring (bicyclic) bond motifs is 2. The quantitative estimate of drug-likeness (QED) is 0.768. The van der Waals surface area contributed by atoms with Crippen molar-refractivity contribution in [3.8, 4) is 0 Å². The molecule has 5 rings (SSSR count). The van der Waals surface area contributed by atoms with Crippen LogP contribution < -0.4 is 10.6 Å². The summed E-state index contributed by atoms with van der Waals surface area (Å²) in [5.41, 5.74) is 6.83. The van der Waals surface area contributed by atoms with Gasteiger partial charge < -0.3 is 20.3 Å². The lowest BCUT2D eigenvalue weighted by molar-refractivity contribution is -0.110. The zero-order valence-corrected chi connectivity index (χ0v) is 16.9. The van der Waals surface area contributed by atoms with Crippen molar-refractivity contribution in [2.24, 2.45) is 0 Å². The smallest absolute Gasteiger partial charge is 0.260 e. The molecular formula is C24H27N3O2. The van der Waals surface area contributed by atoms with E-state index in [1.54, 1.807) is 0 Å². The van der Waals surface area contributed by atoms with E-state index >= 15 is 0 Å². The molecule has 0 spiro atoms. The molecular weight excluding hydrogens is 362 g/mol. The third-order valence-electron chi connectivity index (χ3n) is 6.07. The summed E-state index contributed by atoms with van der Waals surface area (Å²) in [4.78, 5) is 15.2. The van der Waals surface area contributed by atoms with Crippen molar-refractivity contribution in [2.45, 2.75) is 32.8 Å². The van der Waals surface area contributed by atoms with Crippen LogP contribution in [-0.2, 0) is 16.1 Å². The van der Waals surface area contributed by atoms with Crippen LogP contribution in [0.4, 0.5) is 11.4 Å². The number of likely N-dealkylation sites (tertiary alicyclic amines) is 1. The lowest BCUT2D eigenvalue weighted by Crippen LogP contribution is -2.33. The Kier molecular flexibility index (Phi) is 4.76. The minimum Gasteiger partial charge on any atom is -0.487 e. The van der Waals surface area contributed by atoms with Gasteiger partial charge in [-0.1, -0.05) is 18.1 Å². The first kappa shape index (κ1) is 18.3. The minimum atomic E-state index is -0.0859. The second-order valence-electron chi connectivity index (χ2n) is 8.20. The molecule has 0 unspecified atom stereocenters. The van der Waals surface area contributed by atoms with Crippen molar-refractivity contribution in [2.75, 3.05) is 36.8 Å². The summed E-state index contributed by atoms with van der Waals surface area (Å²) in [6, 6.07) is 12.3. The molecule has 1 saturated heterocycles. The summed E-state index contributed by atoms with van der Waals surface area (Å²) < 4.78 is 6.01. The van der Waals surface area contributed by atoms with Crippen LogP contribution in [-0.4, -0.2) is 37.0 Å². The van der Waals surface area contributed by atoms with Gasteiger partial charge in [-0.15, -0.1) is 0 Å². The van der Waals surface area contributed by atoms with E-state index in [4.69, 9.17) is 4.74 Å². The fraction of sp³-hybridized carbons (Fsp3) is 0.375. The van der Waals surface area contributed by atoms with Crippen LogP contribution >= 0.6 is 0 Å². The Morgan fingerprint density at radius 3 is 2.79 bits per heavy atom. The molecule has 0 aliphatic carbocycles. The Morgan fingerprint density at radius 1 is 1.07 bits per heavy atom. The second-order valence-corrected chi connectivity index (χ2v) is 8.20. The average Bonchev–Trinajstić information content (AvgIpc) is 3.28.